The lowest BCUT2D eigenvalue weighted by molar-refractivity contribution is -0.159. The van der Waals surface area contributed by atoms with Gasteiger partial charge in [0.1, 0.15) is 11.6 Å². The molecular weight excluding hydrogens is 442 g/mol. The zero-order valence-corrected chi connectivity index (χ0v) is 17.0. The van der Waals surface area contributed by atoms with Gasteiger partial charge in [-0.25, -0.2) is 8.60 Å². The Morgan fingerprint density at radius 3 is 2.55 bits per heavy atom. The SMILES string of the molecule is COc1cc(-c2noc(C(F)(F)F)n2)ccc1C(=O)N=S(C)(=O)Cc1ccccc1F. The van der Waals surface area contributed by atoms with Crippen molar-refractivity contribution >= 4 is 15.6 Å². The van der Waals surface area contributed by atoms with Crippen LogP contribution in [0.4, 0.5) is 17.6 Å². The van der Waals surface area contributed by atoms with Crippen molar-refractivity contribution < 1.29 is 35.8 Å². The smallest absolute Gasteiger partial charge is 0.471 e. The Balaban J connectivity index is 1.91. The molecule has 3 rings (SSSR count). The summed E-state index contributed by atoms with van der Waals surface area (Å²) in [6, 6.07) is 9.41. The normalized spacial score (nSPS) is 13.5. The highest BCUT2D eigenvalue weighted by atomic mass is 32.2. The maximum Gasteiger partial charge on any atom is 0.471 e. The highest BCUT2D eigenvalue weighted by molar-refractivity contribution is 7.92. The second-order valence-electron chi connectivity index (χ2n) is 6.43. The molecule has 0 aliphatic carbocycles. The third kappa shape index (κ3) is 5.26. The first-order chi connectivity index (χ1) is 14.5. The van der Waals surface area contributed by atoms with Gasteiger partial charge in [-0.3, -0.25) is 4.79 Å². The van der Waals surface area contributed by atoms with Crippen molar-refractivity contribution in [3.63, 3.8) is 0 Å². The Morgan fingerprint density at radius 2 is 1.94 bits per heavy atom. The number of hydrogen-bond acceptors (Lipinski definition) is 6. The molecule has 0 radical (unpaired) electrons. The number of hydrogen-bond donors (Lipinski definition) is 0. The van der Waals surface area contributed by atoms with Gasteiger partial charge < -0.3 is 9.26 Å². The van der Waals surface area contributed by atoms with Crippen LogP contribution in [0, 0.1) is 5.82 Å². The lowest BCUT2D eigenvalue weighted by Crippen LogP contribution is -2.08. The summed E-state index contributed by atoms with van der Waals surface area (Å²) in [6.07, 6.45) is -3.58. The average molecular weight is 457 g/mol. The van der Waals surface area contributed by atoms with Crippen molar-refractivity contribution in [1.82, 2.24) is 10.1 Å². The minimum absolute atomic E-state index is 0.0503. The summed E-state index contributed by atoms with van der Waals surface area (Å²) in [7, 11) is -1.91. The van der Waals surface area contributed by atoms with E-state index in [1.165, 1.54) is 49.8 Å². The van der Waals surface area contributed by atoms with Gasteiger partial charge in [0.25, 0.3) is 5.91 Å². The maximum absolute atomic E-state index is 13.8. The number of carbonyl (C=O) groups excluding carboxylic acids is 1. The fourth-order valence-electron chi connectivity index (χ4n) is 2.62. The summed E-state index contributed by atoms with van der Waals surface area (Å²) in [5.74, 6) is -3.67. The highest BCUT2D eigenvalue weighted by Crippen LogP contribution is 2.31. The molecule has 0 aliphatic heterocycles. The lowest BCUT2D eigenvalue weighted by atomic mass is 10.1. The molecule has 1 amide bonds. The van der Waals surface area contributed by atoms with Gasteiger partial charge in [-0.2, -0.15) is 22.5 Å². The number of nitrogens with zero attached hydrogens (tertiary/aromatic N) is 3. The molecule has 1 heterocycles. The minimum Gasteiger partial charge on any atom is -0.496 e. The standard InChI is InChI=1S/C19H15F4N3O4S/c1-29-15-9-11(16-24-18(30-25-16)19(21,22)23)7-8-13(15)17(27)26-31(2,28)10-12-5-3-4-6-14(12)20/h3-9H,10H2,1-2H3. The summed E-state index contributed by atoms with van der Waals surface area (Å²) < 4.78 is 77.5. The summed E-state index contributed by atoms with van der Waals surface area (Å²) >= 11 is 0. The number of halogens is 4. The van der Waals surface area contributed by atoms with Crippen molar-refractivity contribution in [2.24, 2.45) is 4.36 Å². The van der Waals surface area contributed by atoms with Crippen LogP contribution >= 0.6 is 0 Å². The van der Waals surface area contributed by atoms with Crippen LogP contribution in [0.2, 0.25) is 0 Å². The lowest BCUT2D eigenvalue weighted by Gasteiger charge is -2.09. The Labute approximate surface area is 174 Å². The van der Waals surface area contributed by atoms with Crippen LogP contribution in [0.25, 0.3) is 11.4 Å². The van der Waals surface area contributed by atoms with E-state index in [0.717, 1.165) is 0 Å². The average Bonchev–Trinajstić information content (AvgIpc) is 3.19. The van der Waals surface area contributed by atoms with E-state index in [4.69, 9.17) is 4.74 Å². The molecule has 7 nitrogen and oxygen atoms in total. The molecule has 0 saturated carbocycles. The Kier molecular flexibility index (Phi) is 6.11. The van der Waals surface area contributed by atoms with Crippen LogP contribution in [0.15, 0.2) is 51.4 Å². The molecule has 1 aromatic heterocycles. The van der Waals surface area contributed by atoms with E-state index in [0.29, 0.717) is 0 Å². The molecule has 0 spiro atoms. The molecule has 0 bridgehead atoms. The van der Waals surface area contributed by atoms with Gasteiger partial charge in [0, 0.05) is 17.4 Å². The van der Waals surface area contributed by atoms with E-state index in [9.17, 15) is 26.6 Å². The van der Waals surface area contributed by atoms with E-state index in [2.05, 4.69) is 19.0 Å². The molecular formula is C19H15F4N3O4S. The van der Waals surface area contributed by atoms with E-state index in [1.807, 2.05) is 0 Å². The number of methoxy groups -OCH3 is 1. The predicted molar refractivity (Wildman–Crippen MR) is 102 cm³/mol. The largest absolute Gasteiger partial charge is 0.496 e. The first-order valence-electron chi connectivity index (χ1n) is 8.57. The fourth-order valence-corrected chi connectivity index (χ4v) is 3.95. The van der Waals surface area contributed by atoms with E-state index < -0.39 is 33.5 Å². The third-order valence-electron chi connectivity index (χ3n) is 4.02. The number of carbonyl (C=O) groups is 1. The number of ether oxygens (including phenoxy) is 1. The van der Waals surface area contributed by atoms with Gasteiger partial charge in [0.2, 0.25) is 5.82 Å². The van der Waals surface area contributed by atoms with Crippen LogP contribution in [0.3, 0.4) is 0 Å². The Bertz CT molecular complexity index is 1250. The van der Waals surface area contributed by atoms with Crippen molar-refractivity contribution in [2.75, 3.05) is 13.4 Å². The number of rotatable bonds is 5. The zero-order valence-electron chi connectivity index (χ0n) is 16.1. The van der Waals surface area contributed by atoms with E-state index >= 15 is 0 Å². The summed E-state index contributed by atoms with van der Waals surface area (Å²) in [4.78, 5) is 15.8. The Hall–Kier alpha value is -3.28. The first-order valence-corrected chi connectivity index (χ1v) is 10.7. The molecule has 0 fully saturated rings. The van der Waals surface area contributed by atoms with Crippen molar-refractivity contribution in [1.29, 1.82) is 0 Å². The van der Waals surface area contributed by atoms with Crippen LogP contribution in [0.5, 0.6) is 5.75 Å². The molecule has 1 atom stereocenters. The van der Waals surface area contributed by atoms with Crippen LogP contribution < -0.4 is 4.74 Å². The van der Waals surface area contributed by atoms with Gasteiger partial charge >= 0.3 is 12.1 Å². The van der Waals surface area contributed by atoms with Crippen molar-refractivity contribution in [3.05, 3.63) is 65.3 Å². The number of alkyl halides is 3. The quantitative estimate of drug-likeness (QED) is 0.529. The molecule has 31 heavy (non-hydrogen) atoms. The Morgan fingerprint density at radius 1 is 1.23 bits per heavy atom. The summed E-state index contributed by atoms with van der Waals surface area (Å²) in [5.41, 5.74) is 0.150. The maximum atomic E-state index is 13.8. The van der Waals surface area contributed by atoms with Gasteiger partial charge in [-0.15, -0.1) is 0 Å². The fraction of sp³-hybridized carbons (Fsp3) is 0.211. The second kappa shape index (κ2) is 8.46. The van der Waals surface area contributed by atoms with Gasteiger partial charge in [0.05, 0.1) is 28.2 Å². The van der Waals surface area contributed by atoms with E-state index in [-0.39, 0.29) is 34.0 Å². The van der Waals surface area contributed by atoms with Crippen LogP contribution in [-0.2, 0) is 21.7 Å². The van der Waals surface area contributed by atoms with Crippen molar-refractivity contribution in [2.45, 2.75) is 11.9 Å². The van der Waals surface area contributed by atoms with E-state index in [1.54, 1.807) is 6.07 Å². The molecule has 164 valence electrons. The highest BCUT2D eigenvalue weighted by Gasteiger charge is 2.38. The molecule has 0 N–H and O–H groups in total. The predicted octanol–water partition coefficient (Wildman–Crippen LogP) is 4.34. The number of amides is 1. The topological polar surface area (TPSA) is 94.7 Å². The first kappa shape index (κ1) is 22.4. The molecule has 12 heteroatoms. The number of benzene rings is 2. The molecule has 0 aliphatic rings. The van der Waals surface area contributed by atoms with Gasteiger partial charge in [-0.1, -0.05) is 23.4 Å². The van der Waals surface area contributed by atoms with Crippen LogP contribution in [-0.4, -0.2) is 33.6 Å². The summed E-state index contributed by atoms with van der Waals surface area (Å²) in [6.45, 7) is 0. The second-order valence-corrected chi connectivity index (χ2v) is 8.82. The molecule has 1 unspecified atom stereocenters. The third-order valence-corrected chi connectivity index (χ3v) is 5.41. The summed E-state index contributed by atoms with van der Waals surface area (Å²) in [5, 5.41) is 3.27. The van der Waals surface area contributed by atoms with Crippen LogP contribution in [0.1, 0.15) is 21.8 Å². The number of aromatic nitrogens is 2. The molecule has 3 aromatic rings. The monoisotopic (exact) mass is 457 g/mol. The minimum atomic E-state index is -4.80. The van der Waals surface area contributed by atoms with Gasteiger partial charge in [-0.05, 0) is 24.3 Å². The molecule has 0 saturated heterocycles. The molecule has 2 aromatic carbocycles. The van der Waals surface area contributed by atoms with Crippen molar-refractivity contribution in [3.8, 4) is 17.1 Å². The van der Waals surface area contributed by atoms with Gasteiger partial charge in [0.15, 0.2) is 0 Å². The zero-order chi connectivity index (χ0) is 22.8.